The van der Waals surface area contributed by atoms with Gasteiger partial charge in [0.25, 0.3) is 0 Å². The second-order valence-electron chi connectivity index (χ2n) is 4.04. The minimum absolute atomic E-state index is 0.109. The average molecular weight is 308 g/mol. The molecule has 0 radical (unpaired) electrons. The summed E-state index contributed by atoms with van der Waals surface area (Å²) in [7, 11) is 1.56. The molecule has 1 heterocycles. The Morgan fingerprint density at radius 2 is 2.14 bits per heavy atom. The lowest BCUT2D eigenvalue weighted by atomic mass is 10.1. The first-order chi connectivity index (χ1) is 9.99. The van der Waals surface area contributed by atoms with Crippen molar-refractivity contribution in [2.24, 2.45) is 5.73 Å². The standard InChI is InChI=1S/C12H12N4O4S/c1-20-8-4-2-7(3-5-8)6-9-10(16(18)19)21-12(14-9)15-11(13)17/h2-5H,6H2,1H3,(H3,13,14,15,17). The molecule has 0 fully saturated rings. The molecular formula is C12H12N4O4S. The van der Waals surface area contributed by atoms with Crippen LogP contribution in [0.1, 0.15) is 11.3 Å². The number of methoxy groups -OCH3 is 1. The van der Waals surface area contributed by atoms with Gasteiger partial charge in [-0.2, -0.15) is 0 Å². The van der Waals surface area contributed by atoms with Crippen LogP contribution in [-0.4, -0.2) is 23.0 Å². The molecule has 0 bridgehead atoms. The third kappa shape index (κ3) is 3.66. The van der Waals surface area contributed by atoms with E-state index in [1.807, 2.05) is 0 Å². The maximum Gasteiger partial charge on any atom is 0.349 e. The number of nitrogens with zero attached hydrogens (tertiary/aromatic N) is 2. The zero-order valence-corrected chi connectivity index (χ0v) is 11.8. The molecule has 2 rings (SSSR count). The third-order valence-electron chi connectivity index (χ3n) is 2.60. The van der Waals surface area contributed by atoms with Gasteiger partial charge in [-0.15, -0.1) is 0 Å². The molecule has 110 valence electrons. The van der Waals surface area contributed by atoms with E-state index in [9.17, 15) is 14.9 Å². The van der Waals surface area contributed by atoms with Gasteiger partial charge in [0.2, 0.25) is 0 Å². The maximum atomic E-state index is 11.0. The number of rotatable bonds is 5. The van der Waals surface area contributed by atoms with Gasteiger partial charge >= 0.3 is 11.0 Å². The fraction of sp³-hybridized carbons (Fsp3) is 0.167. The van der Waals surface area contributed by atoms with E-state index in [2.05, 4.69) is 10.3 Å². The molecule has 8 nitrogen and oxygen atoms in total. The second-order valence-corrected chi connectivity index (χ2v) is 5.02. The number of nitro groups is 1. The lowest BCUT2D eigenvalue weighted by Crippen LogP contribution is -2.19. The van der Waals surface area contributed by atoms with Gasteiger partial charge in [0.1, 0.15) is 11.4 Å². The van der Waals surface area contributed by atoms with Crippen LogP contribution >= 0.6 is 11.3 Å². The molecule has 2 aromatic rings. The van der Waals surface area contributed by atoms with Crippen molar-refractivity contribution in [1.82, 2.24) is 4.98 Å². The Balaban J connectivity index is 2.26. The van der Waals surface area contributed by atoms with Crippen LogP contribution in [0.15, 0.2) is 24.3 Å². The van der Waals surface area contributed by atoms with Crippen molar-refractivity contribution in [3.8, 4) is 5.75 Å². The molecular weight excluding hydrogens is 296 g/mol. The molecule has 0 saturated heterocycles. The number of thiazole rings is 1. The van der Waals surface area contributed by atoms with E-state index in [-0.39, 0.29) is 22.2 Å². The summed E-state index contributed by atoms with van der Waals surface area (Å²) in [6.07, 6.45) is 0.275. The van der Waals surface area contributed by atoms with Crippen LogP contribution in [0, 0.1) is 10.1 Å². The summed E-state index contributed by atoms with van der Waals surface area (Å²) in [5.41, 5.74) is 6.10. The number of nitrogens with two attached hydrogens (primary N) is 1. The number of carbonyl (C=O) groups is 1. The maximum absolute atomic E-state index is 11.0. The largest absolute Gasteiger partial charge is 0.497 e. The number of anilines is 1. The number of nitrogens with one attached hydrogen (secondary N) is 1. The number of urea groups is 1. The topological polar surface area (TPSA) is 120 Å². The van der Waals surface area contributed by atoms with Gasteiger partial charge in [0, 0.05) is 6.42 Å². The van der Waals surface area contributed by atoms with Crippen LogP contribution in [0.25, 0.3) is 0 Å². The Labute approximate surface area is 123 Å². The van der Waals surface area contributed by atoms with Gasteiger partial charge in [-0.1, -0.05) is 12.1 Å². The van der Waals surface area contributed by atoms with Crippen molar-refractivity contribution in [2.45, 2.75) is 6.42 Å². The normalized spacial score (nSPS) is 10.1. The SMILES string of the molecule is COc1ccc(Cc2nc(NC(N)=O)sc2[N+](=O)[O-])cc1. The van der Waals surface area contributed by atoms with Gasteiger partial charge in [0.05, 0.1) is 12.0 Å². The minimum atomic E-state index is -0.811. The van der Waals surface area contributed by atoms with Crippen molar-refractivity contribution < 1.29 is 14.5 Å². The first-order valence-corrected chi connectivity index (χ1v) is 6.64. The van der Waals surface area contributed by atoms with Gasteiger partial charge < -0.3 is 10.5 Å². The van der Waals surface area contributed by atoms with Crippen LogP contribution in [0.3, 0.4) is 0 Å². The zero-order chi connectivity index (χ0) is 15.4. The average Bonchev–Trinajstić information content (AvgIpc) is 2.81. The van der Waals surface area contributed by atoms with Crippen LogP contribution in [-0.2, 0) is 6.42 Å². The van der Waals surface area contributed by atoms with Crippen molar-refractivity contribution in [3.63, 3.8) is 0 Å². The molecule has 0 aliphatic rings. The van der Waals surface area contributed by atoms with Crippen LogP contribution in [0.5, 0.6) is 5.75 Å². The summed E-state index contributed by atoms with van der Waals surface area (Å²) >= 11 is 0.776. The Kier molecular flexibility index (Phi) is 4.33. The van der Waals surface area contributed by atoms with Crippen LogP contribution < -0.4 is 15.8 Å². The number of benzene rings is 1. The van der Waals surface area contributed by atoms with Crippen molar-refractivity contribution in [2.75, 3.05) is 12.4 Å². The number of hydrogen-bond acceptors (Lipinski definition) is 6. The molecule has 0 aliphatic heterocycles. The number of ether oxygens (including phenoxy) is 1. The van der Waals surface area contributed by atoms with E-state index in [0.717, 1.165) is 16.9 Å². The first kappa shape index (κ1) is 14.7. The number of amides is 2. The molecule has 9 heteroatoms. The summed E-state index contributed by atoms with van der Waals surface area (Å²) in [5.74, 6) is 0.697. The number of carbonyl (C=O) groups excluding carboxylic acids is 1. The van der Waals surface area contributed by atoms with Gasteiger partial charge in [-0.3, -0.25) is 15.4 Å². The Morgan fingerprint density at radius 3 is 2.67 bits per heavy atom. The molecule has 0 unspecified atom stereocenters. The molecule has 21 heavy (non-hydrogen) atoms. The molecule has 2 amide bonds. The molecule has 1 aromatic heterocycles. The lowest BCUT2D eigenvalue weighted by Gasteiger charge is -2.01. The van der Waals surface area contributed by atoms with E-state index in [0.29, 0.717) is 5.75 Å². The number of primary amides is 1. The fourth-order valence-electron chi connectivity index (χ4n) is 1.70. The Morgan fingerprint density at radius 1 is 1.48 bits per heavy atom. The summed E-state index contributed by atoms with van der Waals surface area (Å²) in [5, 5.41) is 13.3. The Hall–Kier alpha value is -2.68. The van der Waals surface area contributed by atoms with E-state index >= 15 is 0 Å². The summed E-state index contributed by atoms with van der Waals surface area (Å²) < 4.78 is 5.05. The smallest absolute Gasteiger partial charge is 0.349 e. The highest BCUT2D eigenvalue weighted by atomic mass is 32.1. The second kappa shape index (κ2) is 6.18. The number of aromatic nitrogens is 1. The molecule has 0 atom stereocenters. The molecule has 0 spiro atoms. The minimum Gasteiger partial charge on any atom is -0.497 e. The van der Waals surface area contributed by atoms with E-state index in [1.165, 1.54) is 0 Å². The van der Waals surface area contributed by atoms with Crippen LogP contribution in [0.2, 0.25) is 0 Å². The Bertz CT molecular complexity index is 668. The summed E-state index contributed by atoms with van der Waals surface area (Å²) in [6, 6.07) is 6.30. The lowest BCUT2D eigenvalue weighted by molar-refractivity contribution is -0.381. The van der Waals surface area contributed by atoms with Gasteiger partial charge in [-0.05, 0) is 29.0 Å². The highest BCUT2D eigenvalue weighted by Gasteiger charge is 2.22. The fourth-order valence-corrected chi connectivity index (χ4v) is 2.50. The molecule has 1 aromatic carbocycles. The highest BCUT2D eigenvalue weighted by Crippen LogP contribution is 2.32. The van der Waals surface area contributed by atoms with Gasteiger partial charge in [0.15, 0.2) is 5.13 Å². The molecule has 0 saturated carbocycles. The quantitative estimate of drug-likeness (QED) is 0.647. The molecule has 3 N–H and O–H groups in total. The van der Waals surface area contributed by atoms with E-state index in [1.54, 1.807) is 31.4 Å². The monoisotopic (exact) mass is 308 g/mol. The summed E-state index contributed by atoms with van der Waals surface area (Å²) in [4.78, 5) is 25.3. The van der Waals surface area contributed by atoms with Crippen molar-refractivity contribution in [3.05, 3.63) is 45.6 Å². The first-order valence-electron chi connectivity index (χ1n) is 5.83. The molecule has 0 aliphatic carbocycles. The predicted octanol–water partition coefficient (Wildman–Crippen LogP) is 2.14. The summed E-state index contributed by atoms with van der Waals surface area (Å²) in [6.45, 7) is 0. The van der Waals surface area contributed by atoms with E-state index in [4.69, 9.17) is 10.5 Å². The number of hydrogen-bond donors (Lipinski definition) is 2. The highest BCUT2D eigenvalue weighted by molar-refractivity contribution is 7.19. The zero-order valence-electron chi connectivity index (χ0n) is 11.0. The van der Waals surface area contributed by atoms with Gasteiger partial charge in [-0.25, -0.2) is 9.78 Å². The van der Waals surface area contributed by atoms with Crippen LogP contribution in [0.4, 0.5) is 14.9 Å². The third-order valence-corrected chi connectivity index (χ3v) is 3.57. The van der Waals surface area contributed by atoms with Crippen molar-refractivity contribution >= 4 is 27.5 Å². The van der Waals surface area contributed by atoms with Crippen molar-refractivity contribution in [1.29, 1.82) is 0 Å². The predicted molar refractivity (Wildman–Crippen MR) is 77.8 cm³/mol. The van der Waals surface area contributed by atoms with E-state index < -0.39 is 11.0 Å².